The number of hydrogen-bond acceptors (Lipinski definition) is 5. The van der Waals surface area contributed by atoms with E-state index in [0.29, 0.717) is 41.8 Å². The molecule has 0 aliphatic heterocycles. The van der Waals surface area contributed by atoms with Crippen LogP contribution < -0.4 is 21.1 Å². The number of carbonyl (C=O) groups excluding carboxylic acids is 3. The Hall–Kier alpha value is -3.69. The summed E-state index contributed by atoms with van der Waals surface area (Å²) in [6.07, 6.45) is 2.41. The maximum absolute atomic E-state index is 15.1. The second-order valence-electron chi connectivity index (χ2n) is 11.6. The minimum absolute atomic E-state index is 0.118. The molecule has 3 amide bonds. The van der Waals surface area contributed by atoms with Crippen molar-refractivity contribution < 1.29 is 18.8 Å². The minimum Gasteiger partial charge on any atom is -0.352 e. The molecular weight excluding hydrogens is 539 g/mol. The average Bonchev–Trinajstić information content (AvgIpc) is 3.76. The quantitative estimate of drug-likeness (QED) is 0.241. The van der Waals surface area contributed by atoms with Gasteiger partial charge in [-0.05, 0) is 102 Å². The molecule has 0 radical (unpaired) electrons. The fourth-order valence-corrected chi connectivity index (χ4v) is 4.59. The van der Waals surface area contributed by atoms with Gasteiger partial charge in [0, 0.05) is 40.7 Å². The molecule has 1 saturated carbocycles. The summed E-state index contributed by atoms with van der Waals surface area (Å²) in [7, 11) is 0. The lowest BCUT2D eigenvalue weighted by Crippen LogP contribution is -2.32. The third kappa shape index (κ3) is 8.17. The van der Waals surface area contributed by atoms with E-state index in [1.165, 1.54) is 24.1 Å². The largest absolute Gasteiger partial charge is 0.352 e. The Balaban J connectivity index is 1.65. The van der Waals surface area contributed by atoms with E-state index in [1.807, 2.05) is 45.0 Å². The third-order valence-corrected chi connectivity index (χ3v) is 7.42. The predicted molar refractivity (Wildman–Crippen MR) is 161 cm³/mol. The van der Waals surface area contributed by atoms with Gasteiger partial charge >= 0.3 is 0 Å². The SMILES string of the molecule is Cc1c(F)cc(C(=O)NC2CC2)cc1-c1ccc(C(=O)NCC(C)(C)C)cc1C(=O)NCCc1ccc(SN)cc1. The van der Waals surface area contributed by atoms with E-state index in [4.69, 9.17) is 5.14 Å². The first-order valence-corrected chi connectivity index (χ1v) is 14.6. The lowest BCUT2D eigenvalue weighted by Gasteiger charge is -2.19. The lowest BCUT2D eigenvalue weighted by molar-refractivity contribution is 0.0935. The Morgan fingerprint density at radius 3 is 2.24 bits per heavy atom. The fraction of sp³-hybridized carbons (Fsp3) is 0.344. The van der Waals surface area contributed by atoms with Crippen molar-refractivity contribution in [2.45, 2.75) is 57.9 Å². The molecule has 0 spiro atoms. The van der Waals surface area contributed by atoms with Gasteiger partial charge in [0.15, 0.2) is 0 Å². The van der Waals surface area contributed by atoms with E-state index in [2.05, 4.69) is 16.0 Å². The summed E-state index contributed by atoms with van der Waals surface area (Å²) in [5, 5.41) is 14.3. The summed E-state index contributed by atoms with van der Waals surface area (Å²) in [5.74, 6) is -1.59. The van der Waals surface area contributed by atoms with Gasteiger partial charge in [-0.3, -0.25) is 19.5 Å². The van der Waals surface area contributed by atoms with Crippen molar-refractivity contribution >= 4 is 29.7 Å². The van der Waals surface area contributed by atoms with Crippen molar-refractivity contribution in [1.29, 1.82) is 0 Å². The number of nitrogens with two attached hydrogens (primary N) is 1. The summed E-state index contributed by atoms with van der Waals surface area (Å²) < 4.78 is 15.1. The van der Waals surface area contributed by atoms with Gasteiger partial charge in [-0.2, -0.15) is 0 Å². The molecule has 0 unspecified atom stereocenters. The van der Waals surface area contributed by atoms with Gasteiger partial charge in [0.05, 0.1) is 0 Å². The topological polar surface area (TPSA) is 113 Å². The smallest absolute Gasteiger partial charge is 0.251 e. The Bertz CT molecular complexity index is 1450. The van der Waals surface area contributed by atoms with Crippen molar-refractivity contribution in [3.63, 3.8) is 0 Å². The molecule has 7 nitrogen and oxygen atoms in total. The maximum Gasteiger partial charge on any atom is 0.251 e. The highest BCUT2D eigenvalue weighted by atomic mass is 32.2. The molecule has 4 rings (SSSR count). The van der Waals surface area contributed by atoms with E-state index in [-0.39, 0.29) is 34.4 Å². The number of nitrogens with one attached hydrogen (secondary N) is 3. The van der Waals surface area contributed by atoms with Gasteiger partial charge in [-0.25, -0.2) is 4.39 Å². The highest BCUT2D eigenvalue weighted by Gasteiger charge is 2.26. The van der Waals surface area contributed by atoms with Crippen LogP contribution in [0.2, 0.25) is 0 Å². The number of benzene rings is 3. The van der Waals surface area contributed by atoms with Crippen molar-refractivity contribution in [2.24, 2.45) is 10.6 Å². The second kappa shape index (κ2) is 12.9. The molecule has 1 fully saturated rings. The molecule has 5 N–H and O–H groups in total. The van der Waals surface area contributed by atoms with Crippen LogP contribution in [0.15, 0.2) is 59.5 Å². The van der Waals surface area contributed by atoms with Gasteiger partial charge in [0.2, 0.25) is 0 Å². The number of hydrogen-bond donors (Lipinski definition) is 4. The molecule has 9 heteroatoms. The van der Waals surface area contributed by atoms with Gasteiger partial charge in [-0.1, -0.05) is 39.0 Å². The van der Waals surface area contributed by atoms with E-state index in [9.17, 15) is 14.4 Å². The molecule has 3 aromatic rings. The molecule has 216 valence electrons. The van der Waals surface area contributed by atoms with Crippen LogP contribution in [0.25, 0.3) is 11.1 Å². The Kier molecular flexibility index (Phi) is 9.50. The fourth-order valence-electron chi connectivity index (χ4n) is 4.29. The van der Waals surface area contributed by atoms with Crippen LogP contribution in [0.3, 0.4) is 0 Å². The zero-order chi connectivity index (χ0) is 29.7. The second-order valence-corrected chi connectivity index (χ2v) is 12.4. The summed E-state index contributed by atoms with van der Waals surface area (Å²) in [6, 6.07) is 15.5. The van der Waals surface area contributed by atoms with Crippen LogP contribution in [0.5, 0.6) is 0 Å². The Morgan fingerprint density at radius 2 is 1.61 bits per heavy atom. The highest BCUT2D eigenvalue weighted by molar-refractivity contribution is 7.97. The van der Waals surface area contributed by atoms with Crippen LogP contribution in [-0.4, -0.2) is 36.9 Å². The highest BCUT2D eigenvalue weighted by Crippen LogP contribution is 2.31. The van der Waals surface area contributed by atoms with E-state index in [1.54, 1.807) is 25.1 Å². The van der Waals surface area contributed by atoms with Crippen LogP contribution in [0.4, 0.5) is 4.39 Å². The zero-order valence-electron chi connectivity index (χ0n) is 23.9. The first-order chi connectivity index (χ1) is 19.4. The van der Waals surface area contributed by atoms with Gasteiger partial charge in [-0.15, -0.1) is 0 Å². The molecule has 0 bridgehead atoms. The summed E-state index contributed by atoms with van der Waals surface area (Å²) in [4.78, 5) is 40.2. The molecule has 3 aromatic carbocycles. The molecule has 1 aliphatic carbocycles. The summed E-state index contributed by atoms with van der Waals surface area (Å²) >= 11 is 1.17. The molecule has 1 aliphatic rings. The minimum atomic E-state index is -0.541. The maximum atomic E-state index is 15.1. The summed E-state index contributed by atoms with van der Waals surface area (Å²) in [6.45, 7) is 8.47. The van der Waals surface area contributed by atoms with Gasteiger partial charge < -0.3 is 16.0 Å². The van der Waals surface area contributed by atoms with Crippen LogP contribution in [0, 0.1) is 18.2 Å². The van der Waals surface area contributed by atoms with Crippen LogP contribution >= 0.6 is 11.9 Å². The van der Waals surface area contributed by atoms with Crippen molar-refractivity contribution in [1.82, 2.24) is 16.0 Å². The third-order valence-electron chi connectivity index (χ3n) is 6.87. The normalized spacial score (nSPS) is 13.0. The van der Waals surface area contributed by atoms with Crippen molar-refractivity contribution in [2.75, 3.05) is 13.1 Å². The Morgan fingerprint density at radius 1 is 0.902 bits per heavy atom. The van der Waals surface area contributed by atoms with Crippen molar-refractivity contribution in [3.05, 3.63) is 88.2 Å². The number of carbonyl (C=O) groups is 3. The first-order valence-electron chi connectivity index (χ1n) is 13.7. The van der Waals surface area contributed by atoms with Crippen LogP contribution in [-0.2, 0) is 6.42 Å². The van der Waals surface area contributed by atoms with E-state index in [0.717, 1.165) is 23.3 Å². The molecule has 0 heterocycles. The average molecular weight is 577 g/mol. The number of halogens is 1. The molecular formula is C32H37FN4O3S. The predicted octanol–water partition coefficient (Wildman–Crippen LogP) is 5.41. The lowest BCUT2D eigenvalue weighted by atomic mass is 9.91. The number of rotatable bonds is 10. The van der Waals surface area contributed by atoms with Gasteiger partial charge in [0.25, 0.3) is 17.7 Å². The van der Waals surface area contributed by atoms with Crippen LogP contribution in [0.1, 0.15) is 75.8 Å². The molecule has 0 aromatic heterocycles. The molecule has 0 saturated heterocycles. The molecule has 0 atom stereocenters. The zero-order valence-corrected chi connectivity index (χ0v) is 24.7. The van der Waals surface area contributed by atoms with E-state index >= 15 is 4.39 Å². The number of amides is 3. The summed E-state index contributed by atoms with van der Waals surface area (Å²) in [5.41, 5.74) is 2.82. The van der Waals surface area contributed by atoms with Gasteiger partial charge in [0.1, 0.15) is 5.82 Å². The standard InChI is InChI=1S/C32H37FN4O3S/c1-19-26(16-22(17-28(19)33)30(39)37-23-8-9-23)25-12-7-21(29(38)36-18-32(2,3)4)15-27(25)31(40)35-14-13-20-5-10-24(41-34)11-6-20/h5-7,10-12,15-17,23H,8-9,13-14,18,34H2,1-4H3,(H,35,40)(H,36,38)(H,37,39). The van der Waals surface area contributed by atoms with Crippen molar-refractivity contribution in [3.8, 4) is 11.1 Å². The first kappa shape index (κ1) is 30.3. The monoisotopic (exact) mass is 576 g/mol. The Labute approximate surface area is 245 Å². The molecule has 41 heavy (non-hydrogen) atoms. The van der Waals surface area contributed by atoms with E-state index < -0.39 is 11.7 Å².